The summed E-state index contributed by atoms with van der Waals surface area (Å²) >= 11 is 0. The Hall–Kier alpha value is -3.94. The topological polar surface area (TPSA) is 119 Å². The minimum Gasteiger partial charge on any atom is -0.457 e. The van der Waals surface area contributed by atoms with Crippen molar-refractivity contribution in [2.75, 3.05) is 11.1 Å². The van der Waals surface area contributed by atoms with Crippen LogP contribution in [-0.4, -0.2) is 25.9 Å². The number of benzene rings is 2. The van der Waals surface area contributed by atoms with E-state index in [-0.39, 0.29) is 18.5 Å². The summed E-state index contributed by atoms with van der Waals surface area (Å²) in [6.45, 7) is -0.0535. The number of hydrogen-bond acceptors (Lipinski definition) is 7. The van der Waals surface area contributed by atoms with Crippen LogP contribution < -0.4 is 11.1 Å². The Morgan fingerprint density at radius 3 is 2.70 bits per heavy atom. The highest BCUT2D eigenvalue weighted by molar-refractivity contribution is 5.83. The van der Waals surface area contributed by atoms with Gasteiger partial charge < -0.3 is 20.8 Å². The molecule has 0 unspecified atom stereocenters. The van der Waals surface area contributed by atoms with Gasteiger partial charge in [-0.05, 0) is 36.6 Å². The fourth-order valence-corrected chi connectivity index (χ4v) is 3.19. The molecular formula is C22H22N6O2. The minimum absolute atomic E-state index is 0.0535. The van der Waals surface area contributed by atoms with Crippen LogP contribution in [0.15, 0.2) is 60.8 Å². The summed E-state index contributed by atoms with van der Waals surface area (Å²) in [6.07, 6.45) is 3.80. The van der Waals surface area contributed by atoms with Gasteiger partial charge in [-0.3, -0.25) is 4.79 Å². The number of carbonyl (C=O) groups excluding carboxylic acids is 1. The fourth-order valence-electron chi connectivity index (χ4n) is 3.19. The Bertz CT molecular complexity index is 1140. The number of nitrogens with two attached hydrogens (primary N) is 1. The number of esters is 1. The average molecular weight is 402 g/mol. The van der Waals surface area contributed by atoms with Gasteiger partial charge in [-0.2, -0.15) is 15.0 Å². The molecule has 8 nitrogen and oxygen atoms in total. The van der Waals surface area contributed by atoms with Crippen LogP contribution >= 0.6 is 0 Å². The van der Waals surface area contributed by atoms with Crippen molar-refractivity contribution in [1.82, 2.24) is 19.9 Å². The lowest BCUT2D eigenvalue weighted by Crippen LogP contribution is -2.11. The molecule has 0 saturated carbocycles. The number of ether oxygens (including phenoxy) is 1. The van der Waals surface area contributed by atoms with E-state index in [1.54, 1.807) is 0 Å². The quantitative estimate of drug-likeness (QED) is 0.384. The molecule has 2 aromatic carbocycles. The number of anilines is 3. The standard InChI is InChI=1S/C22H22N6O2/c23-21-26-19(27-22(28-21)25-16-8-2-1-3-9-16)14-30-20(29)12-6-7-15-13-24-18-11-5-4-10-17(15)18/h1-5,8-11,13,24H,6-7,12,14H2,(H3,23,25,26,27,28). The van der Waals surface area contributed by atoms with Gasteiger partial charge in [0.05, 0.1) is 0 Å². The van der Waals surface area contributed by atoms with E-state index in [0.29, 0.717) is 24.6 Å². The number of aryl methyl sites for hydroxylation is 1. The second-order valence-corrected chi connectivity index (χ2v) is 6.80. The summed E-state index contributed by atoms with van der Waals surface area (Å²) in [6, 6.07) is 17.6. The molecule has 0 bridgehead atoms. The van der Waals surface area contributed by atoms with Crippen molar-refractivity contribution in [2.24, 2.45) is 0 Å². The fraction of sp³-hybridized carbons (Fsp3) is 0.182. The highest BCUT2D eigenvalue weighted by Gasteiger charge is 2.10. The Balaban J connectivity index is 1.28. The number of rotatable bonds is 8. The first-order chi connectivity index (χ1) is 14.7. The molecule has 0 aliphatic carbocycles. The van der Waals surface area contributed by atoms with Crippen molar-refractivity contribution in [3.63, 3.8) is 0 Å². The summed E-state index contributed by atoms with van der Waals surface area (Å²) in [5.74, 6) is 0.366. The number of aromatic amines is 1. The molecule has 0 saturated heterocycles. The lowest BCUT2D eigenvalue weighted by molar-refractivity contribution is -0.145. The van der Waals surface area contributed by atoms with E-state index < -0.39 is 0 Å². The average Bonchev–Trinajstić information content (AvgIpc) is 3.16. The molecule has 152 valence electrons. The molecule has 0 spiro atoms. The van der Waals surface area contributed by atoms with E-state index in [1.165, 1.54) is 10.9 Å². The third-order valence-corrected chi connectivity index (χ3v) is 4.59. The summed E-state index contributed by atoms with van der Waals surface area (Å²) < 4.78 is 5.31. The second kappa shape index (κ2) is 9.04. The van der Waals surface area contributed by atoms with E-state index in [4.69, 9.17) is 10.5 Å². The SMILES string of the molecule is Nc1nc(COC(=O)CCCc2c[nH]c3ccccc23)nc(Nc2ccccc2)n1. The van der Waals surface area contributed by atoms with E-state index in [0.717, 1.165) is 17.6 Å². The van der Waals surface area contributed by atoms with E-state index in [2.05, 4.69) is 31.3 Å². The van der Waals surface area contributed by atoms with Crippen molar-refractivity contribution in [3.8, 4) is 0 Å². The first-order valence-corrected chi connectivity index (χ1v) is 9.70. The lowest BCUT2D eigenvalue weighted by atomic mass is 10.1. The van der Waals surface area contributed by atoms with E-state index >= 15 is 0 Å². The Labute approximate surface area is 173 Å². The largest absolute Gasteiger partial charge is 0.457 e. The Kier molecular flexibility index (Phi) is 5.84. The number of para-hydroxylation sites is 2. The van der Waals surface area contributed by atoms with Crippen LogP contribution in [0.1, 0.15) is 24.2 Å². The molecule has 2 heterocycles. The van der Waals surface area contributed by atoms with Crippen LogP contribution in [-0.2, 0) is 22.6 Å². The van der Waals surface area contributed by atoms with Gasteiger partial charge in [-0.15, -0.1) is 0 Å². The van der Waals surface area contributed by atoms with Crippen LogP contribution in [0.25, 0.3) is 10.9 Å². The zero-order valence-corrected chi connectivity index (χ0v) is 16.3. The predicted octanol–water partition coefficient (Wildman–Crippen LogP) is 3.74. The monoisotopic (exact) mass is 402 g/mol. The number of nitrogen functional groups attached to an aromatic ring is 1. The number of fused-ring (bicyclic) bond motifs is 1. The number of hydrogen-bond donors (Lipinski definition) is 3. The maximum atomic E-state index is 12.1. The van der Waals surface area contributed by atoms with Gasteiger partial charge >= 0.3 is 5.97 Å². The van der Waals surface area contributed by atoms with E-state index in [9.17, 15) is 4.79 Å². The first-order valence-electron chi connectivity index (χ1n) is 9.70. The molecule has 2 aromatic heterocycles. The predicted molar refractivity (Wildman–Crippen MR) is 115 cm³/mol. The molecule has 4 aromatic rings. The van der Waals surface area contributed by atoms with Crippen molar-refractivity contribution < 1.29 is 9.53 Å². The van der Waals surface area contributed by atoms with Gasteiger partial charge in [-0.25, -0.2) is 0 Å². The summed E-state index contributed by atoms with van der Waals surface area (Å²) in [5.41, 5.74) is 8.87. The summed E-state index contributed by atoms with van der Waals surface area (Å²) in [5, 5.41) is 4.24. The molecule has 0 amide bonds. The third kappa shape index (κ3) is 4.91. The normalized spacial score (nSPS) is 10.8. The van der Waals surface area contributed by atoms with Gasteiger partial charge in [0.1, 0.15) is 0 Å². The zero-order valence-electron chi connectivity index (χ0n) is 16.3. The number of H-pyrrole nitrogens is 1. The first kappa shape index (κ1) is 19.4. The summed E-state index contributed by atoms with van der Waals surface area (Å²) in [4.78, 5) is 27.7. The summed E-state index contributed by atoms with van der Waals surface area (Å²) in [7, 11) is 0. The molecule has 0 aliphatic heterocycles. The van der Waals surface area contributed by atoms with Crippen molar-refractivity contribution in [2.45, 2.75) is 25.9 Å². The number of nitrogens with zero attached hydrogens (tertiary/aromatic N) is 3. The Morgan fingerprint density at radius 1 is 1.03 bits per heavy atom. The van der Waals surface area contributed by atoms with Gasteiger partial charge in [0.25, 0.3) is 0 Å². The van der Waals surface area contributed by atoms with Gasteiger partial charge in [0, 0.05) is 29.2 Å². The highest BCUT2D eigenvalue weighted by atomic mass is 16.5. The smallest absolute Gasteiger partial charge is 0.306 e. The minimum atomic E-state index is -0.300. The molecular weight excluding hydrogens is 380 g/mol. The van der Waals surface area contributed by atoms with Crippen LogP contribution in [0.4, 0.5) is 17.6 Å². The number of aromatic nitrogens is 4. The Morgan fingerprint density at radius 2 is 1.83 bits per heavy atom. The highest BCUT2D eigenvalue weighted by Crippen LogP contribution is 2.19. The lowest BCUT2D eigenvalue weighted by Gasteiger charge is -2.08. The number of nitrogens with one attached hydrogen (secondary N) is 2. The third-order valence-electron chi connectivity index (χ3n) is 4.59. The molecule has 0 fully saturated rings. The van der Waals surface area contributed by atoms with Gasteiger partial charge in [0.15, 0.2) is 12.4 Å². The molecule has 0 atom stereocenters. The van der Waals surface area contributed by atoms with Crippen molar-refractivity contribution in [3.05, 3.63) is 72.2 Å². The van der Waals surface area contributed by atoms with Crippen molar-refractivity contribution >= 4 is 34.5 Å². The van der Waals surface area contributed by atoms with Gasteiger partial charge in [-0.1, -0.05) is 36.4 Å². The molecule has 30 heavy (non-hydrogen) atoms. The number of carbonyl (C=O) groups is 1. The molecule has 0 radical (unpaired) electrons. The van der Waals surface area contributed by atoms with Crippen LogP contribution in [0.2, 0.25) is 0 Å². The maximum Gasteiger partial charge on any atom is 0.306 e. The van der Waals surface area contributed by atoms with Gasteiger partial charge in [0.2, 0.25) is 11.9 Å². The van der Waals surface area contributed by atoms with Crippen molar-refractivity contribution in [1.29, 1.82) is 0 Å². The van der Waals surface area contributed by atoms with E-state index in [1.807, 2.05) is 54.7 Å². The zero-order chi connectivity index (χ0) is 20.8. The maximum absolute atomic E-state index is 12.1. The molecule has 4 rings (SSSR count). The van der Waals surface area contributed by atoms with Crippen LogP contribution in [0, 0.1) is 0 Å². The van der Waals surface area contributed by atoms with Crippen LogP contribution in [0.3, 0.4) is 0 Å². The molecule has 0 aliphatic rings. The van der Waals surface area contributed by atoms with Crippen LogP contribution in [0.5, 0.6) is 0 Å². The molecule has 8 heteroatoms. The molecule has 4 N–H and O–H groups in total. The second-order valence-electron chi connectivity index (χ2n) is 6.80.